The second-order valence-electron chi connectivity index (χ2n) is 3.48. The number of benzene rings is 1. The molecule has 1 heteroatoms. The van der Waals surface area contributed by atoms with Gasteiger partial charge in [0, 0.05) is 0 Å². The molecule has 1 aromatic rings. The SMILES string of the molecule is Cc1ccccc1P1CCCC1. The number of hydrogen-bond donors (Lipinski definition) is 0. The Morgan fingerprint density at radius 3 is 2.42 bits per heavy atom. The van der Waals surface area contributed by atoms with Gasteiger partial charge in [-0.2, -0.15) is 0 Å². The Labute approximate surface area is 75.7 Å². The van der Waals surface area contributed by atoms with Crippen molar-refractivity contribution in [2.75, 3.05) is 12.3 Å². The zero-order chi connectivity index (χ0) is 8.39. The molecule has 1 aromatic carbocycles. The fourth-order valence-electron chi connectivity index (χ4n) is 1.88. The third-order valence-electron chi connectivity index (χ3n) is 2.56. The molecule has 0 aliphatic carbocycles. The molecule has 1 fully saturated rings. The number of hydrogen-bond acceptors (Lipinski definition) is 0. The molecule has 0 saturated carbocycles. The Kier molecular flexibility index (Phi) is 2.46. The van der Waals surface area contributed by atoms with E-state index in [9.17, 15) is 0 Å². The van der Waals surface area contributed by atoms with Gasteiger partial charge < -0.3 is 0 Å². The van der Waals surface area contributed by atoms with E-state index in [0.717, 1.165) is 0 Å². The van der Waals surface area contributed by atoms with Crippen molar-refractivity contribution in [1.29, 1.82) is 0 Å². The highest BCUT2D eigenvalue weighted by Crippen LogP contribution is 2.42. The summed E-state index contributed by atoms with van der Waals surface area (Å²) in [5.74, 6) is 0. The van der Waals surface area contributed by atoms with Crippen LogP contribution in [0.3, 0.4) is 0 Å². The summed E-state index contributed by atoms with van der Waals surface area (Å²) < 4.78 is 0. The van der Waals surface area contributed by atoms with Crippen LogP contribution in [0.2, 0.25) is 0 Å². The van der Waals surface area contributed by atoms with Crippen molar-refractivity contribution in [2.45, 2.75) is 19.8 Å². The maximum Gasteiger partial charge on any atom is -0.0211 e. The molecule has 0 aromatic heterocycles. The largest absolute Gasteiger partial charge is 0.0750 e. The van der Waals surface area contributed by atoms with Crippen molar-refractivity contribution >= 4 is 13.2 Å². The minimum Gasteiger partial charge on any atom is -0.0750 e. The molecule has 0 amide bonds. The third-order valence-corrected chi connectivity index (χ3v) is 5.46. The van der Waals surface area contributed by atoms with Crippen LogP contribution in [-0.2, 0) is 0 Å². The van der Waals surface area contributed by atoms with Gasteiger partial charge in [0.05, 0.1) is 0 Å². The highest BCUT2D eigenvalue weighted by molar-refractivity contribution is 7.66. The summed E-state index contributed by atoms with van der Waals surface area (Å²) in [7, 11) is 0.239. The summed E-state index contributed by atoms with van der Waals surface area (Å²) in [6.45, 7) is 2.25. The van der Waals surface area contributed by atoms with Crippen LogP contribution in [-0.4, -0.2) is 12.3 Å². The molecular weight excluding hydrogens is 163 g/mol. The quantitative estimate of drug-likeness (QED) is 0.580. The first-order valence-electron chi connectivity index (χ1n) is 4.68. The lowest BCUT2D eigenvalue weighted by Gasteiger charge is -2.12. The van der Waals surface area contributed by atoms with E-state index < -0.39 is 0 Å². The van der Waals surface area contributed by atoms with Gasteiger partial charge in [-0.25, -0.2) is 0 Å². The van der Waals surface area contributed by atoms with E-state index in [4.69, 9.17) is 0 Å². The summed E-state index contributed by atoms with van der Waals surface area (Å²) >= 11 is 0. The van der Waals surface area contributed by atoms with Gasteiger partial charge in [0.2, 0.25) is 0 Å². The molecular formula is C11H15P. The van der Waals surface area contributed by atoms with E-state index in [2.05, 4.69) is 31.2 Å². The summed E-state index contributed by atoms with van der Waals surface area (Å²) in [5.41, 5.74) is 1.51. The topological polar surface area (TPSA) is 0 Å². The minimum atomic E-state index is 0.239. The average Bonchev–Trinajstić information content (AvgIpc) is 2.57. The Morgan fingerprint density at radius 2 is 1.75 bits per heavy atom. The predicted octanol–water partition coefficient (Wildman–Crippen LogP) is 2.90. The molecule has 0 radical (unpaired) electrons. The van der Waals surface area contributed by atoms with E-state index in [1.54, 1.807) is 5.30 Å². The van der Waals surface area contributed by atoms with Crippen LogP contribution in [0.15, 0.2) is 24.3 Å². The van der Waals surface area contributed by atoms with Crippen LogP contribution in [0.5, 0.6) is 0 Å². The fourth-order valence-corrected chi connectivity index (χ4v) is 4.66. The smallest absolute Gasteiger partial charge is 0.0211 e. The lowest BCUT2D eigenvalue weighted by atomic mass is 10.2. The van der Waals surface area contributed by atoms with Crippen LogP contribution < -0.4 is 5.30 Å². The van der Waals surface area contributed by atoms with E-state index >= 15 is 0 Å². The zero-order valence-electron chi connectivity index (χ0n) is 7.59. The Balaban J connectivity index is 2.26. The Hall–Kier alpha value is -0.350. The van der Waals surface area contributed by atoms with Gasteiger partial charge in [-0.05, 0) is 43.0 Å². The number of aryl methyl sites for hydroxylation is 1. The lowest BCUT2D eigenvalue weighted by molar-refractivity contribution is 0.949. The van der Waals surface area contributed by atoms with Gasteiger partial charge in [-0.15, -0.1) is 0 Å². The fraction of sp³-hybridized carbons (Fsp3) is 0.455. The molecule has 1 heterocycles. The maximum atomic E-state index is 2.33. The van der Waals surface area contributed by atoms with Crippen LogP contribution in [0.25, 0.3) is 0 Å². The molecule has 0 atom stereocenters. The molecule has 2 rings (SSSR count). The molecule has 0 nitrogen and oxygen atoms in total. The van der Waals surface area contributed by atoms with Gasteiger partial charge in [0.15, 0.2) is 0 Å². The molecule has 64 valence electrons. The Bertz CT molecular complexity index is 261. The van der Waals surface area contributed by atoms with E-state index in [1.807, 2.05) is 0 Å². The van der Waals surface area contributed by atoms with Crippen molar-refractivity contribution in [3.05, 3.63) is 29.8 Å². The molecule has 0 N–H and O–H groups in total. The van der Waals surface area contributed by atoms with Crippen molar-refractivity contribution in [1.82, 2.24) is 0 Å². The van der Waals surface area contributed by atoms with Crippen LogP contribution in [0.4, 0.5) is 0 Å². The van der Waals surface area contributed by atoms with Crippen LogP contribution >= 0.6 is 7.92 Å². The van der Waals surface area contributed by atoms with E-state index in [1.165, 1.54) is 30.7 Å². The summed E-state index contributed by atoms with van der Waals surface area (Å²) in [4.78, 5) is 0. The highest BCUT2D eigenvalue weighted by atomic mass is 31.1. The molecule has 0 unspecified atom stereocenters. The summed E-state index contributed by atoms with van der Waals surface area (Å²) in [6, 6.07) is 8.90. The molecule has 1 saturated heterocycles. The summed E-state index contributed by atoms with van der Waals surface area (Å²) in [5, 5.41) is 1.66. The molecule has 0 bridgehead atoms. The minimum absolute atomic E-state index is 0.239. The third kappa shape index (κ3) is 1.54. The normalized spacial score (nSPS) is 18.4. The van der Waals surface area contributed by atoms with Crippen LogP contribution in [0, 0.1) is 6.92 Å². The molecule has 1 aliphatic heterocycles. The van der Waals surface area contributed by atoms with Gasteiger partial charge in [-0.3, -0.25) is 0 Å². The lowest BCUT2D eigenvalue weighted by Crippen LogP contribution is -2.05. The Morgan fingerprint density at radius 1 is 1.08 bits per heavy atom. The van der Waals surface area contributed by atoms with E-state index in [-0.39, 0.29) is 7.92 Å². The second kappa shape index (κ2) is 3.58. The van der Waals surface area contributed by atoms with Crippen molar-refractivity contribution in [3.63, 3.8) is 0 Å². The second-order valence-corrected chi connectivity index (χ2v) is 5.94. The maximum absolute atomic E-state index is 2.33. The van der Waals surface area contributed by atoms with E-state index in [0.29, 0.717) is 0 Å². The van der Waals surface area contributed by atoms with Crippen molar-refractivity contribution in [3.8, 4) is 0 Å². The average molecular weight is 178 g/mol. The van der Waals surface area contributed by atoms with Crippen LogP contribution in [0.1, 0.15) is 18.4 Å². The highest BCUT2D eigenvalue weighted by Gasteiger charge is 2.16. The van der Waals surface area contributed by atoms with Crippen molar-refractivity contribution in [2.24, 2.45) is 0 Å². The predicted molar refractivity (Wildman–Crippen MR) is 56.7 cm³/mol. The van der Waals surface area contributed by atoms with Crippen molar-refractivity contribution < 1.29 is 0 Å². The summed E-state index contributed by atoms with van der Waals surface area (Å²) in [6.07, 6.45) is 5.86. The van der Waals surface area contributed by atoms with Gasteiger partial charge in [-0.1, -0.05) is 32.2 Å². The number of rotatable bonds is 1. The first kappa shape index (κ1) is 8.26. The first-order valence-corrected chi connectivity index (χ1v) is 6.40. The molecule has 1 aliphatic rings. The van der Waals surface area contributed by atoms with Gasteiger partial charge in [0.25, 0.3) is 0 Å². The monoisotopic (exact) mass is 178 g/mol. The van der Waals surface area contributed by atoms with Gasteiger partial charge in [0.1, 0.15) is 0 Å². The molecule has 0 spiro atoms. The standard InChI is InChI=1S/C11H15P/c1-10-6-2-3-7-11(10)12-8-4-5-9-12/h2-3,6-7H,4-5,8-9H2,1H3. The van der Waals surface area contributed by atoms with Gasteiger partial charge >= 0.3 is 0 Å². The molecule has 12 heavy (non-hydrogen) atoms. The first-order chi connectivity index (χ1) is 5.88. The zero-order valence-corrected chi connectivity index (χ0v) is 8.48.